The molecule has 1 fully saturated rings. The highest BCUT2D eigenvalue weighted by atomic mass is 19.3. The number of pyridine rings is 1. The van der Waals surface area contributed by atoms with Crippen molar-refractivity contribution in [2.24, 2.45) is 0 Å². The molecule has 2 heterocycles. The lowest BCUT2D eigenvalue weighted by Gasteiger charge is -2.14. The first-order valence-corrected chi connectivity index (χ1v) is 8.01. The number of aryl methyl sites for hydroxylation is 1. The number of ketones is 1. The number of carbonyl (C=O) groups is 1. The lowest BCUT2D eigenvalue weighted by molar-refractivity contribution is -0.286. The molecule has 0 amide bonds. The normalized spacial score (nSPS) is 18.8. The van der Waals surface area contributed by atoms with Crippen molar-refractivity contribution in [3.63, 3.8) is 0 Å². The van der Waals surface area contributed by atoms with Gasteiger partial charge in [0.2, 0.25) is 5.69 Å². The van der Waals surface area contributed by atoms with Crippen molar-refractivity contribution in [2.45, 2.75) is 37.9 Å². The SMILES string of the molecule is [CH2+]c1nc(CC(=O)C2(c3ccc4c(c3)OC(F)(F)O4)CC2)ccc1C. The fourth-order valence-corrected chi connectivity index (χ4v) is 3.15. The number of nitrogens with zero attached hydrogens (tertiary/aromatic N) is 1. The molecule has 4 nitrogen and oxygen atoms in total. The van der Waals surface area contributed by atoms with Crippen LogP contribution in [-0.4, -0.2) is 17.1 Å². The number of Topliss-reactive ketones (excluding diaryl/α,β-unsaturated/α-hetero) is 1. The van der Waals surface area contributed by atoms with E-state index in [1.54, 1.807) is 6.07 Å². The molecule has 25 heavy (non-hydrogen) atoms. The zero-order valence-electron chi connectivity index (χ0n) is 13.6. The monoisotopic (exact) mass is 344 g/mol. The first-order chi connectivity index (χ1) is 11.8. The zero-order chi connectivity index (χ0) is 17.8. The summed E-state index contributed by atoms with van der Waals surface area (Å²) >= 11 is 0. The summed E-state index contributed by atoms with van der Waals surface area (Å²) in [5.41, 5.74) is 2.32. The number of carbonyl (C=O) groups excluding carboxylic acids is 1. The molecule has 0 bridgehead atoms. The van der Waals surface area contributed by atoms with Gasteiger partial charge in [-0.2, -0.15) is 0 Å². The van der Waals surface area contributed by atoms with Gasteiger partial charge in [0, 0.05) is 19.4 Å². The van der Waals surface area contributed by atoms with Crippen molar-refractivity contribution in [3.8, 4) is 11.5 Å². The molecule has 0 spiro atoms. The molecule has 1 aromatic heterocycles. The minimum absolute atomic E-state index is 0.0149. The second kappa shape index (κ2) is 5.18. The Labute approximate surface area is 143 Å². The van der Waals surface area contributed by atoms with Crippen LogP contribution in [0.4, 0.5) is 8.78 Å². The first-order valence-electron chi connectivity index (χ1n) is 8.01. The van der Waals surface area contributed by atoms with Crippen LogP contribution in [0.3, 0.4) is 0 Å². The molecule has 1 aliphatic heterocycles. The highest BCUT2D eigenvalue weighted by Gasteiger charge is 2.52. The standard InChI is InChI=1S/C19H16F2NO3/c1-11-3-5-14(22-12(11)2)10-17(23)18(7-8-18)13-4-6-15-16(9-13)25-19(20,21)24-15/h3-6,9H,2,7-8,10H2,1H3/q+1. The Balaban J connectivity index is 1.58. The Hall–Kier alpha value is -2.63. The molecule has 6 heteroatoms. The van der Waals surface area contributed by atoms with Gasteiger partial charge in [0.1, 0.15) is 11.3 Å². The van der Waals surface area contributed by atoms with Gasteiger partial charge in [-0.3, -0.25) is 4.79 Å². The lowest BCUT2D eigenvalue weighted by atomic mass is 9.88. The van der Waals surface area contributed by atoms with E-state index in [2.05, 4.69) is 21.4 Å². The number of halogens is 2. The van der Waals surface area contributed by atoms with E-state index < -0.39 is 11.7 Å². The maximum Gasteiger partial charge on any atom is 0.586 e. The molecule has 128 valence electrons. The maximum atomic E-state index is 13.2. The smallest absolute Gasteiger partial charge is 0.395 e. The highest BCUT2D eigenvalue weighted by molar-refractivity contribution is 5.94. The van der Waals surface area contributed by atoms with E-state index >= 15 is 0 Å². The zero-order valence-corrected chi connectivity index (χ0v) is 13.6. The van der Waals surface area contributed by atoms with E-state index in [-0.39, 0.29) is 23.7 Å². The molecule has 0 unspecified atom stereocenters. The van der Waals surface area contributed by atoms with Crippen LogP contribution < -0.4 is 9.47 Å². The first kappa shape index (κ1) is 15.9. The molecule has 0 saturated heterocycles. The molecule has 0 atom stereocenters. The van der Waals surface area contributed by atoms with Crippen LogP contribution in [0, 0.1) is 13.8 Å². The van der Waals surface area contributed by atoms with Gasteiger partial charge in [-0.05, 0) is 36.6 Å². The Morgan fingerprint density at radius 3 is 2.60 bits per heavy atom. The molecule has 1 saturated carbocycles. The summed E-state index contributed by atoms with van der Waals surface area (Å²) in [6.45, 7) is 5.76. The fourth-order valence-electron chi connectivity index (χ4n) is 3.15. The Morgan fingerprint density at radius 2 is 1.92 bits per heavy atom. The quantitative estimate of drug-likeness (QED) is 0.793. The summed E-state index contributed by atoms with van der Waals surface area (Å²) in [7, 11) is 0. The van der Waals surface area contributed by atoms with Gasteiger partial charge in [0.25, 0.3) is 0 Å². The van der Waals surface area contributed by atoms with Crippen molar-refractivity contribution in [2.75, 3.05) is 0 Å². The summed E-state index contributed by atoms with van der Waals surface area (Å²) in [6.07, 6.45) is -2.10. The highest BCUT2D eigenvalue weighted by Crippen LogP contribution is 2.52. The molecule has 2 aromatic rings. The summed E-state index contributed by atoms with van der Waals surface area (Å²) in [5, 5.41) is 0. The Morgan fingerprint density at radius 1 is 1.20 bits per heavy atom. The van der Waals surface area contributed by atoms with Gasteiger partial charge in [-0.1, -0.05) is 6.07 Å². The maximum absolute atomic E-state index is 13.2. The second-order valence-corrected chi connectivity index (χ2v) is 6.58. The molecule has 1 aromatic carbocycles. The molecule has 0 N–H and O–H groups in total. The van der Waals surface area contributed by atoms with E-state index in [9.17, 15) is 13.6 Å². The third-order valence-electron chi connectivity index (χ3n) is 4.84. The number of aromatic nitrogens is 1. The molecule has 2 aliphatic rings. The van der Waals surface area contributed by atoms with Crippen LogP contribution in [0.5, 0.6) is 11.5 Å². The van der Waals surface area contributed by atoms with E-state index in [0.29, 0.717) is 29.8 Å². The van der Waals surface area contributed by atoms with Crippen LogP contribution in [0.1, 0.15) is 35.4 Å². The van der Waals surface area contributed by atoms with Gasteiger partial charge in [-0.25, -0.2) is 4.98 Å². The summed E-state index contributed by atoms with van der Waals surface area (Å²) in [5.74, 6) is -0.0251. The van der Waals surface area contributed by atoms with Crippen LogP contribution in [0.25, 0.3) is 0 Å². The average molecular weight is 344 g/mol. The molecule has 0 radical (unpaired) electrons. The van der Waals surface area contributed by atoms with Gasteiger partial charge in [0.05, 0.1) is 18.0 Å². The number of alkyl halides is 2. The summed E-state index contributed by atoms with van der Waals surface area (Å²) in [6, 6.07) is 8.27. The number of ether oxygens (including phenoxy) is 2. The second-order valence-electron chi connectivity index (χ2n) is 6.58. The van der Waals surface area contributed by atoms with Crippen molar-refractivity contribution < 1.29 is 23.0 Å². The van der Waals surface area contributed by atoms with E-state index in [1.807, 2.05) is 19.1 Å². The molecule has 1 aliphatic carbocycles. The van der Waals surface area contributed by atoms with Crippen molar-refractivity contribution >= 4 is 5.78 Å². The third-order valence-corrected chi connectivity index (χ3v) is 4.84. The summed E-state index contributed by atoms with van der Waals surface area (Å²) < 4.78 is 35.2. The summed E-state index contributed by atoms with van der Waals surface area (Å²) in [4.78, 5) is 17.2. The van der Waals surface area contributed by atoms with E-state index in [4.69, 9.17) is 0 Å². The molecular weight excluding hydrogens is 328 g/mol. The largest absolute Gasteiger partial charge is 0.586 e. The molecular formula is C19H16F2NO3+. The topological polar surface area (TPSA) is 48.4 Å². The predicted octanol–water partition coefficient (Wildman–Crippen LogP) is 3.74. The van der Waals surface area contributed by atoms with Crippen LogP contribution >= 0.6 is 0 Å². The fraction of sp³-hybridized carbons (Fsp3) is 0.316. The van der Waals surface area contributed by atoms with Crippen LogP contribution in [0.15, 0.2) is 30.3 Å². The minimum Gasteiger partial charge on any atom is -0.395 e. The average Bonchev–Trinajstić information content (AvgIpc) is 3.28. The number of benzene rings is 1. The Kier molecular flexibility index (Phi) is 3.29. The lowest BCUT2D eigenvalue weighted by Crippen LogP contribution is -2.26. The van der Waals surface area contributed by atoms with E-state index in [0.717, 1.165) is 5.56 Å². The minimum atomic E-state index is -3.65. The van der Waals surface area contributed by atoms with E-state index in [1.165, 1.54) is 12.1 Å². The molecule has 4 rings (SSSR count). The number of fused-ring (bicyclic) bond motifs is 1. The number of hydrogen-bond acceptors (Lipinski definition) is 4. The van der Waals surface area contributed by atoms with Gasteiger partial charge in [0.15, 0.2) is 11.5 Å². The third kappa shape index (κ3) is 2.71. The van der Waals surface area contributed by atoms with Gasteiger partial charge < -0.3 is 9.47 Å². The van der Waals surface area contributed by atoms with Crippen LogP contribution in [0.2, 0.25) is 0 Å². The predicted molar refractivity (Wildman–Crippen MR) is 85.7 cm³/mol. The van der Waals surface area contributed by atoms with Gasteiger partial charge in [-0.15, -0.1) is 8.78 Å². The number of rotatable bonds is 4. The van der Waals surface area contributed by atoms with Gasteiger partial charge >= 0.3 is 6.29 Å². The van der Waals surface area contributed by atoms with Crippen molar-refractivity contribution in [1.29, 1.82) is 0 Å². The van der Waals surface area contributed by atoms with Crippen molar-refractivity contribution in [1.82, 2.24) is 4.98 Å². The van der Waals surface area contributed by atoms with Crippen molar-refractivity contribution in [3.05, 3.63) is 59.8 Å². The number of hydrogen-bond donors (Lipinski definition) is 0. The van der Waals surface area contributed by atoms with Crippen LogP contribution in [-0.2, 0) is 16.6 Å². The Bertz CT molecular complexity index is 875.